The van der Waals surface area contributed by atoms with Gasteiger partial charge < -0.3 is 4.74 Å². The lowest BCUT2D eigenvalue weighted by Gasteiger charge is -2.27. The van der Waals surface area contributed by atoms with E-state index in [0.717, 1.165) is 22.6 Å². The first kappa shape index (κ1) is 21.5. The monoisotopic (exact) mass is 441 g/mol. The molecule has 0 N–H and O–H groups in total. The number of likely N-dealkylation sites (N-methyl/N-ethyl adjacent to an activating group) is 1. The summed E-state index contributed by atoms with van der Waals surface area (Å²) in [5.41, 5.74) is 2.84. The number of hydrogen-bond acceptors (Lipinski definition) is 6. The highest BCUT2D eigenvalue weighted by Gasteiger charge is 2.36. The summed E-state index contributed by atoms with van der Waals surface area (Å²) in [4.78, 5) is 15.1. The van der Waals surface area contributed by atoms with Crippen molar-refractivity contribution in [2.24, 2.45) is 5.10 Å². The van der Waals surface area contributed by atoms with Gasteiger partial charge in [0.2, 0.25) is 0 Å². The van der Waals surface area contributed by atoms with Gasteiger partial charge in [-0.1, -0.05) is 42.5 Å². The van der Waals surface area contributed by atoms with Gasteiger partial charge in [0.1, 0.15) is 5.75 Å². The molecule has 2 aliphatic rings. The van der Waals surface area contributed by atoms with Crippen molar-refractivity contribution in [1.82, 2.24) is 9.91 Å². The molecule has 2 aromatic carbocycles. The maximum absolute atomic E-state index is 13.3. The molecule has 2 atom stereocenters. The first-order valence-corrected chi connectivity index (χ1v) is 12.2. The molecule has 0 aliphatic carbocycles. The van der Waals surface area contributed by atoms with E-state index >= 15 is 0 Å². The number of carbonyl (C=O) groups excluding carboxylic acids is 1. The van der Waals surface area contributed by atoms with Gasteiger partial charge in [0.15, 0.2) is 9.84 Å². The van der Waals surface area contributed by atoms with E-state index in [-0.39, 0.29) is 36.0 Å². The number of methoxy groups -OCH3 is 1. The fourth-order valence-electron chi connectivity index (χ4n) is 4.17. The Balaban J connectivity index is 1.56. The number of hydrogen-bond donors (Lipinski definition) is 0. The topological polar surface area (TPSA) is 79.3 Å². The van der Waals surface area contributed by atoms with Crippen LogP contribution in [-0.2, 0) is 14.6 Å². The SMILES string of the molecule is COc1ccc([C@H]2CC(c3ccccc3)=NN2C(=O)CN(C)[C@@H]2CCS(=O)(=O)C2)cc1. The summed E-state index contributed by atoms with van der Waals surface area (Å²) in [6.45, 7) is 0.123. The molecular weight excluding hydrogens is 414 g/mol. The second-order valence-electron chi connectivity index (χ2n) is 8.12. The molecule has 4 rings (SSSR count). The van der Waals surface area contributed by atoms with Gasteiger partial charge in [-0.05, 0) is 36.7 Å². The highest BCUT2D eigenvalue weighted by molar-refractivity contribution is 7.91. The molecule has 8 heteroatoms. The molecular formula is C23H27N3O4S. The van der Waals surface area contributed by atoms with Crippen LogP contribution in [0.25, 0.3) is 0 Å². The van der Waals surface area contributed by atoms with Crippen LogP contribution in [0, 0.1) is 0 Å². The number of rotatable bonds is 6. The maximum Gasteiger partial charge on any atom is 0.257 e. The van der Waals surface area contributed by atoms with Gasteiger partial charge in [0.05, 0.1) is 36.9 Å². The van der Waals surface area contributed by atoms with Crippen molar-refractivity contribution in [3.05, 3.63) is 65.7 Å². The zero-order valence-electron chi connectivity index (χ0n) is 17.8. The summed E-state index contributed by atoms with van der Waals surface area (Å²) in [6.07, 6.45) is 1.18. The number of carbonyl (C=O) groups is 1. The lowest BCUT2D eigenvalue weighted by Crippen LogP contribution is -2.41. The molecule has 0 spiro atoms. The Hall–Kier alpha value is -2.71. The van der Waals surface area contributed by atoms with Crippen molar-refractivity contribution in [2.75, 3.05) is 32.2 Å². The molecule has 164 valence electrons. The van der Waals surface area contributed by atoms with Gasteiger partial charge in [-0.3, -0.25) is 9.69 Å². The van der Waals surface area contributed by atoms with Gasteiger partial charge >= 0.3 is 0 Å². The third-order valence-corrected chi connectivity index (χ3v) is 7.74. The maximum atomic E-state index is 13.3. The Bertz CT molecular complexity index is 1070. The predicted molar refractivity (Wildman–Crippen MR) is 120 cm³/mol. The Morgan fingerprint density at radius 2 is 1.87 bits per heavy atom. The van der Waals surface area contributed by atoms with E-state index in [4.69, 9.17) is 9.84 Å². The van der Waals surface area contributed by atoms with Crippen LogP contribution >= 0.6 is 0 Å². The van der Waals surface area contributed by atoms with Gasteiger partial charge in [0, 0.05) is 12.5 Å². The lowest BCUT2D eigenvalue weighted by molar-refractivity contribution is -0.134. The Kier molecular flexibility index (Phi) is 6.11. The minimum atomic E-state index is -3.01. The Morgan fingerprint density at radius 3 is 2.48 bits per heavy atom. The largest absolute Gasteiger partial charge is 0.497 e. The van der Waals surface area contributed by atoms with E-state index in [0.29, 0.717) is 12.8 Å². The highest BCUT2D eigenvalue weighted by atomic mass is 32.2. The summed E-state index contributed by atoms with van der Waals surface area (Å²) >= 11 is 0. The highest BCUT2D eigenvalue weighted by Crippen LogP contribution is 2.34. The van der Waals surface area contributed by atoms with Crippen molar-refractivity contribution in [1.29, 1.82) is 0 Å². The van der Waals surface area contributed by atoms with Gasteiger partial charge in [0.25, 0.3) is 5.91 Å². The number of amides is 1. The van der Waals surface area contributed by atoms with E-state index in [1.165, 1.54) is 0 Å². The van der Waals surface area contributed by atoms with Crippen LogP contribution in [0.15, 0.2) is 59.7 Å². The quantitative estimate of drug-likeness (QED) is 0.688. The third-order valence-electron chi connectivity index (χ3n) is 5.99. The van der Waals surface area contributed by atoms with Crippen molar-refractivity contribution in [3.63, 3.8) is 0 Å². The van der Waals surface area contributed by atoms with Crippen LogP contribution in [0.1, 0.15) is 30.0 Å². The van der Waals surface area contributed by atoms with Crippen LogP contribution in [0.3, 0.4) is 0 Å². The van der Waals surface area contributed by atoms with Gasteiger partial charge in [-0.25, -0.2) is 13.4 Å². The number of nitrogens with zero attached hydrogens (tertiary/aromatic N) is 3. The molecule has 0 bridgehead atoms. The standard InChI is InChI=1S/C23H27N3O4S/c1-25(19-12-13-31(28,29)16-19)15-23(27)26-22(18-8-10-20(30-2)11-9-18)14-21(24-26)17-6-4-3-5-7-17/h3-11,19,22H,12-16H2,1-2H3/t19-,22-/m1/s1. The predicted octanol–water partition coefficient (Wildman–Crippen LogP) is 2.49. The fraction of sp³-hybridized carbons (Fsp3) is 0.391. The van der Waals surface area contributed by atoms with Gasteiger partial charge in [-0.2, -0.15) is 5.10 Å². The van der Waals surface area contributed by atoms with E-state index in [1.807, 2.05) is 66.5 Å². The van der Waals surface area contributed by atoms with Crippen LogP contribution in [0.5, 0.6) is 5.75 Å². The van der Waals surface area contributed by atoms with Crippen molar-refractivity contribution in [2.45, 2.75) is 24.9 Å². The second kappa shape index (κ2) is 8.80. The molecule has 0 radical (unpaired) electrons. The summed E-state index contributed by atoms with van der Waals surface area (Å²) in [5, 5.41) is 6.25. The lowest BCUT2D eigenvalue weighted by atomic mass is 9.98. The van der Waals surface area contributed by atoms with E-state index in [1.54, 1.807) is 12.1 Å². The smallest absolute Gasteiger partial charge is 0.257 e. The van der Waals surface area contributed by atoms with Gasteiger partial charge in [-0.15, -0.1) is 0 Å². The first-order chi connectivity index (χ1) is 14.9. The zero-order valence-corrected chi connectivity index (χ0v) is 18.6. The molecule has 1 saturated heterocycles. The van der Waals surface area contributed by atoms with Crippen molar-refractivity contribution < 1.29 is 17.9 Å². The summed E-state index contributed by atoms with van der Waals surface area (Å²) in [6, 6.07) is 17.2. The Labute approximate surface area is 183 Å². The average molecular weight is 442 g/mol. The molecule has 7 nitrogen and oxygen atoms in total. The third kappa shape index (κ3) is 4.80. The summed E-state index contributed by atoms with van der Waals surface area (Å²) in [7, 11) is 0.424. The van der Waals surface area contributed by atoms with E-state index < -0.39 is 9.84 Å². The number of ether oxygens (including phenoxy) is 1. The first-order valence-electron chi connectivity index (χ1n) is 10.4. The number of benzene rings is 2. The minimum Gasteiger partial charge on any atom is -0.497 e. The van der Waals surface area contributed by atoms with E-state index in [9.17, 15) is 13.2 Å². The molecule has 0 unspecified atom stereocenters. The molecule has 1 fully saturated rings. The molecule has 2 aromatic rings. The van der Waals surface area contributed by atoms with Crippen LogP contribution in [-0.4, -0.2) is 68.2 Å². The molecule has 1 amide bonds. The zero-order chi connectivity index (χ0) is 22.0. The summed E-state index contributed by atoms with van der Waals surface area (Å²) in [5.74, 6) is 0.909. The number of hydrazone groups is 1. The Morgan fingerprint density at radius 1 is 1.16 bits per heavy atom. The number of sulfone groups is 1. The van der Waals surface area contributed by atoms with Crippen LogP contribution in [0.4, 0.5) is 0 Å². The van der Waals surface area contributed by atoms with Crippen molar-refractivity contribution in [3.8, 4) is 5.75 Å². The molecule has 0 saturated carbocycles. The molecule has 2 aliphatic heterocycles. The normalized spacial score (nSPS) is 22.5. The van der Waals surface area contributed by atoms with Crippen molar-refractivity contribution >= 4 is 21.5 Å². The van der Waals surface area contributed by atoms with Crippen LogP contribution in [0.2, 0.25) is 0 Å². The minimum absolute atomic E-state index is 0.108. The molecule has 31 heavy (non-hydrogen) atoms. The summed E-state index contributed by atoms with van der Waals surface area (Å²) < 4.78 is 28.9. The molecule has 0 aromatic heterocycles. The second-order valence-corrected chi connectivity index (χ2v) is 10.3. The van der Waals surface area contributed by atoms with Crippen LogP contribution < -0.4 is 4.74 Å². The molecule has 2 heterocycles. The van der Waals surface area contributed by atoms with E-state index in [2.05, 4.69) is 0 Å². The average Bonchev–Trinajstić information content (AvgIpc) is 3.38. The fourth-order valence-corrected chi connectivity index (χ4v) is 5.97.